The third kappa shape index (κ3) is 4.64. The van der Waals surface area contributed by atoms with Crippen molar-refractivity contribution in [2.45, 2.75) is 31.5 Å². The number of benzene rings is 1. The molecule has 1 aromatic carbocycles. The Labute approximate surface area is 225 Å². The van der Waals surface area contributed by atoms with Crippen molar-refractivity contribution >= 4 is 34.7 Å². The van der Waals surface area contributed by atoms with Gasteiger partial charge in [-0.25, -0.2) is 14.2 Å². The maximum absolute atomic E-state index is 14.1. The average Bonchev–Trinajstić information content (AvgIpc) is 3.57. The van der Waals surface area contributed by atoms with Crippen molar-refractivity contribution in [2.24, 2.45) is 7.05 Å². The first-order valence-corrected chi connectivity index (χ1v) is 12.1. The standard InChI is InChI=1S/C23H19ClF6N6O4/c1-33-17(37)15-16(36(21(33)39)18(22(25,26)27)40-19(38)23(28,29)30)32-20(34-7-6-11-8-31-9-14(11)34)35(15)10-12-4-2-3-5-13(12)24/h2-5,18,31H,6-10H2,1H3. The number of nitrogens with zero attached hydrogens (tertiary/aromatic N) is 5. The van der Waals surface area contributed by atoms with E-state index < -0.39 is 47.0 Å². The minimum Gasteiger partial charge on any atom is -0.424 e. The van der Waals surface area contributed by atoms with E-state index in [2.05, 4.69) is 15.0 Å². The van der Waals surface area contributed by atoms with Crippen molar-refractivity contribution in [1.29, 1.82) is 0 Å². The van der Waals surface area contributed by atoms with Gasteiger partial charge in [-0.2, -0.15) is 31.3 Å². The molecule has 0 spiro atoms. The van der Waals surface area contributed by atoms with Crippen molar-refractivity contribution in [2.75, 3.05) is 24.5 Å². The van der Waals surface area contributed by atoms with E-state index in [9.17, 15) is 40.7 Å². The summed E-state index contributed by atoms with van der Waals surface area (Å²) in [6, 6.07) is 6.44. The molecule has 2 aliphatic rings. The third-order valence-electron chi connectivity index (χ3n) is 6.65. The van der Waals surface area contributed by atoms with Gasteiger partial charge in [0.05, 0.1) is 6.54 Å². The Bertz CT molecular complexity index is 1670. The van der Waals surface area contributed by atoms with E-state index in [4.69, 9.17) is 11.6 Å². The van der Waals surface area contributed by atoms with Crippen LogP contribution >= 0.6 is 11.6 Å². The van der Waals surface area contributed by atoms with Crippen LogP contribution < -0.4 is 21.5 Å². The lowest BCUT2D eigenvalue weighted by Crippen LogP contribution is -2.46. The molecule has 40 heavy (non-hydrogen) atoms. The van der Waals surface area contributed by atoms with Gasteiger partial charge in [-0.15, -0.1) is 0 Å². The summed E-state index contributed by atoms with van der Waals surface area (Å²) < 4.78 is 86.1. The fourth-order valence-corrected chi connectivity index (χ4v) is 4.98. The lowest BCUT2D eigenvalue weighted by Gasteiger charge is -2.23. The summed E-state index contributed by atoms with van der Waals surface area (Å²) in [6.07, 6.45) is -14.6. The fraction of sp³-hybridized carbons (Fsp3) is 0.391. The van der Waals surface area contributed by atoms with Crippen molar-refractivity contribution < 1.29 is 35.9 Å². The summed E-state index contributed by atoms with van der Waals surface area (Å²) in [7, 11) is 0.851. The van der Waals surface area contributed by atoms with Crippen LogP contribution in [0.5, 0.6) is 0 Å². The fourth-order valence-electron chi connectivity index (χ4n) is 4.78. The zero-order chi connectivity index (χ0) is 29.1. The monoisotopic (exact) mass is 592 g/mol. The molecular formula is C23H19ClF6N6O4. The van der Waals surface area contributed by atoms with Crippen LogP contribution in [0.25, 0.3) is 11.2 Å². The molecule has 1 unspecified atom stereocenters. The normalized spacial score (nSPS) is 16.6. The van der Waals surface area contributed by atoms with E-state index in [-0.39, 0.29) is 26.6 Å². The van der Waals surface area contributed by atoms with Gasteiger partial charge in [0, 0.05) is 37.4 Å². The molecule has 0 amide bonds. The highest BCUT2D eigenvalue weighted by Gasteiger charge is 2.52. The van der Waals surface area contributed by atoms with Crippen LogP contribution in [0, 0.1) is 0 Å². The Hall–Kier alpha value is -3.79. The highest BCUT2D eigenvalue weighted by Crippen LogP contribution is 2.37. The number of carbonyl (C=O) groups excluding carboxylic acids is 1. The molecule has 0 saturated carbocycles. The maximum atomic E-state index is 14.1. The highest BCUT2D eigenvalue weighted by molar-refractivity contribution is 6.31. The van der Waals surface area contributed by atoms with Crippen LogP contribution in [0.15, 0.2) is 45.1 Å². The van der Waals surface area contributed by atoms with Crippen LogP contribution in [-0.2, 0) is 23.1 Å². The van der Waals surface area contributed by atoms with Crippen molar-refractivity contribution in [1.82, 2.24) is 24.0 Å². The first-order chi connectivity index (χ1) is 18.7. The van der Waals surface area contributed by atoms with Crippen LogP contribution in [0.2, 0.25) is 5.02 Å². The topological polar surface area (TPSA) is 103 Å². The largest absolute Gasteiger partial charge is 0.491 e. The van der Waals surface area contributed by atoms with Crippen molar-refractivity contribution in [3.63, 3.8) is 0 Å². The Balaban J connectivity index is 1.82. The number of alkyl halides is 6. The lowest BCUT2D eigenvalue weighted by atomic mass is 10.2. The lowest BCUT2D eigenvalue weighted by molar-refractivity contribution is -0.264. The minimum atomic E-state index is -5.80. The number of aromatic nitrogens is 4. The molecule has 1 N–H and O–H groups in total. The molecule has 10 nitrogen and oxygen atoms in total. The van der Waals surface area contributed by atoms with E-state index in [1.54, 1.807) is 29.2 Å². The number of anilines is 1. The summed E-state index contributed by atoms with van der Waals surface area (Å²) >= 11 is 6.31. The van der Waals surface area contributed by atoms with Gasteiger partial charge in [0.25, 0.3) is 11.8 Å². The molecule has 4 heterocycles. The van der Waals surface area contributed by atoms with Gasteiger partial charge in [-0.05, 0) is 23.6 Å². The van der Waals surface area contributed by atoms with Gasteiger partial charge in [0.15, 0.2) is 11.2 Å². The summed E-state index contributed by atoms with van der Waals surface area (Å²) in [5.74, 6) is -3.21. The zero-order valence-electron chi connectivity index (χ0n) is 20.4. The first kappa shape index (κ1) is 27.8. The predicted molar refractivity (Wildman–Crippen MR) is 129 cm³/mol. The Morgan fingerprint density at radius 2 is 1.85 bits per heavy atom. The molecule has 1 atom stereocenters. The predicted octanol–water partition coefficient (Wildman–Crippen LogP) is 2.83. The summed E-state index contributed by atoms with van der Waals surface area (Å²) in [5.41, 5.74) is -1.98. The van der Waals surface area contributed by atoms with Crippen LogP contribution in [0.3, 0.4) is 0 Å². The zero-order valence-corrected chi connectivity index (χ0v) is 21.2. The molecule has 0 saturated heterocycles. The number of halogens is 7. The van der Waals surface area contributed by atoms with E-state index >= 15 is 0 Å². The molecule has 0 radical (unpaired) electrons. The number of nitrogens with one attached hydrogen (secondary N) is 1. The maximum Gasteiger partial charge on any atom is 0.491 e. The SMILES string of the molecule is Cn1c(=O)c2c(nc(N3CCC4=C3CNC4)n2Cc2ccccc2Cl)n(C(OC(=O)C(F)(F)F)C(F)(F)F)c1=O. The number of ether oxygens (including phenoxy) is 1. The molecule has 17 heteroatoms. The van der Waals surface area contributed by atoms with Gasteiger partial charge in [-0.3, -0.25) is 13.9 Å². The van der Waals surface area contributed by atoms with Crippen LogP contribution in [0.1, 0.15) is 18.2 Å². The molecule has 0 fully saturated rings. The molecule has 0 bridgehead atoms. The van der Waals surface area contributed by atoms with Gasteiger partial charge in [-0.1, -0.05) is 29.8 Å². The van der Waals surface area contributed by atoms with E-state index in [0.29, 0.717) is 31.6 Å². The minimum absolute atomic E-state index is 0.0388. The molecule has 5 rings (SSSR count). The molecule has 214 valence electrons. The number of esters is 1. The Morgan fingerprint density at radius 1 is 1.15 bits per heavy atom. The molecule has 2 aromatic heterocycles. The van der Waals surface area contributed by atoms with E-state index in [1.807, 2.05) is 0 Å². The molecule has 2 aliphatic heterocycles. The van der Waals surface area contributed by atoms with Gasteiger partial charge >= 0.3 is 24.0 Å². The molecular weight excluding hydrogens is 574 g/mol. The van der Waals surface area contributed by atoms with Crippen molar-refractivity contribution in [3.8, 4) is 0 Å². The number of hydrogen-bond donors (Lipinski definition) is 1. The average molecular weight is 593 g/mol. The molecule has 0 aliphatic carbocycles. The van der Waals surface area contributed by atoms with Gasteiger partial charge in [0.1, 0.15) is 0 Å². The van der Waals surface area contributed by atoms with Crippen molar-refractivity contribution in [3.05, 3.63) is 67.0 Å². The second-order valence-electron chi connectivity index (χ2n) is 9.13. The highest BCUT2D eigenvalue weighted by atomic mass is 35.5. The van der Waals surface area contributed by atoms with Gasteiger partial charge < -0.3 is 15.0 Å². The van der Waals surface area contributed by atoms with Crippen LogP contribution in [0.4, 0.5) is 32.3 Å². The Kier molecular flexibility index (Phi) is 6.73. The van der Waals surface area contributed by atoms with E-state index in [0.717, 1.165) is 18.3 Å². The van der Waals surface area contributed by atoms with Crippen LogP contribution in [-0.4, -0.2) is 56.6 Å². The smallest absolute Gasteiger partial charge is 0.424 e. The van der Waals surface area contributed by atoms with E-state index in [1.165, 1.54) is 4.57 Å². The summed E-state index contributed by atoms with van der Waals surface area (Å²) in [4.78, 5) is 43.7. The second-order valence-corrected chi connectivity index (χ2v) is 9.54. The quantitative estimate of drug-likeness (QED) is 0.359. The summed E-state index contributed by atoms with van der Waals surface area (Å²) in [5, 5.41) is 3.40. The number of fused-ring (bicyclic) bond motifs is 1. The number of carbonyl (C=O) groups is 1. The van der Waals surface area contributed by atoms with Gasteiger partial charge in [0.2, 0.25) is 5.95 Å². The summed E-state index contributed by atoms with van der Waals surface area (Å²) in [6.45, 7) is 1.11. The number of imidazole rings is 1. The first-order valence-electron chi connectivity index (χ1n) is 11.7. The molecule has 3 aromatic rings. The Morgan fingerprint density at radius 3 is 2.50 bits per heavy atom. The second kappa shape index (κ2) is 9.69. The number of hydrogen-bond acceptors (Lipinski definition) is 7. The third-order valence-corrected chi connectivity index (χ3v) is 7.02. The number of rotatable bonds is 5.